The minimum atomic E-state index is 0.0579. The molecule has 3 heteroatoms. The zero-order chi connectivity index (χ0) is 9.64. The van der Waals surface area contributed by atoms with E-state index in [1.807, 2.05) is 0 Å². The normalized spacial score (nSPS) is 35.8. The van der Waals surface area contributed by atoms with E-state index in [0.29, 0.717) is 5.92 Å². The third-order valence-corrected chi connectivity index (χ3v) is 3.53. The number of carbonyl (C=O) groups excluding carboxylic acids is 1. The van der Waals surface area contributed by atoms with Gasteiger partial charge in [-0.2, -0.15) is 0 Å². The van der Waals surface area contributed by atoms with Crippen LogP contribution < -0.4 is 0 Å². The number of oxime groups is 1. The van der Waals surface area contributed by atoms with E-state index < -0.39 is 0 Å². The highest BCUT2D eigenvalue weighted by Gasteiger charge is 2.54. The number of hydrogen-bond acceptors (Lipinski definition) is 3. The number of ketones is 1. The van der Waals surface area contributed by atoms with Gasteiger partial charge in [-0.15, -0.1) is 0 Å². The van der Waals surface area contributed by atoms with Gasteiger partial charge in [0, 0.05) is 5.92 Å². The lowest BCUT2D eigenvalue weighted by Crippen LogP contribution is -2.52. The van der Waals surface area contributed by atoms with Crippen molar-refractivity contribution in [3.8, 4) is 0 Å². The van der Waals surface area contributed by atoms with E-state index >= 15 is 0 Å². The van der Waals surface area contributed by atoms with Gasteiger partial charge < -0.3 is 5.21 Å². The Labute approximate surface area is 77.1 Å². The number of nitrogens with zero attached hydrogens (tertiary/aromatic N) is 1. The van der Waals surface area contributed by atoms with Crippen LogP contribution in [0.2, 0.25) is 0 Å². The van der Waals surface area contributed by atoms with E-state index in [4.69, 9.17) is 5.21 Å². The third kappa shape index (κ3) is 0.961. The van der Waals surface area contributed by atoms with Crippen molar-refractivity contribution in [1.82, 2.24) is 0 Å². The molecule has 0 aliphatic heterocycles. The van der Waals surface area contributed by atoms with Crippen LogP contribution in [0, 0.1) is 17.3 Å². The van der Waals surface area contributed by atoms with Gasteiger partial charge in [0.1, 0.15) is 0 Å². The maximum absolute atomic E-state index is 11.5. The molecule has 0 amide bonds. The molecular weight excluding hydrogens is 166 g/mol. The highest BCUT2D eigenvalue weighted by Crippen LogP contribution is 2.57. The van der Waals surface area contributed by atoms with E-state index in [0.717, 1.165) is 12.0 Å². The van der Waals surface area contributed by atoms with Gasteiger partial charge in [0.05, 0.1) is 6.21 Å². The van der Waals surface area contributed by atoms with E-state index in [1.54, 1.807) is 6.08 Å². The fourth-order valence-electron chi connectivity index (χ4n) is 2.53. The number of rotatable bonds is 1. The minimum absolute atomic E-state index is 0.0579. The molecule has 3 nitrogen and oxygen atoms in total. The monoisotopic (exact) mass is 179 g/mol. The minimum Gasteiger partial charge on any atom is -0.411 e. The van der Waals surface area contributed by atoms with Crippen molar-refractivity contribution in [2.75, 3.05) is 0 Å². The van der Waals surface area contributed by atoms with Gasteiger partial charge in [-0.3, -0.25) is 4.79 Å². The van der Waals surface area contributed by atoms with Crippen molar-refractivity contribution in [2.24, 2.45) is 22.4 Å². The molecule has 1 saturated carbocycles. The predicted molar refractivity (Wildman–Crippen MR) is 48.7 cm³/mol. The first-order chi connectivity index (χ1) is 6.07. The average molecular weight is 179 g/mol. The van der Waals surface area contributed by atoms with Gasteiger partial charge in [-0.05, 0) is 29.4 Å². The summed E-state index contributed by atoms with van der Waals surface area (Å²) in [6, 6.07) is 0. The molecular formula is C10H13NO2. The Morgan fingerprint density at radius 3 is 2.77 bits per heavy atom. The van der Waals surface area contributed by atoms with Crippen LogP contribution in [0.1, 0.15) is 20.3 Å². The summed E-state index contributed by atoms with van der Waals surface area (Å²) < 4.78 is 0. The summed E-state index contributed by atoms with van der Waals surface area (Å²) in [5.41, 5.74) is 0.933. The molecule has 70 valence electrons. The molecule has 2 atom stereocenters. The van der Waals surface area contributed by atoms with Crippen molar-refractivity contribution >= 4 is 12.0 Å². The molecule has 0 aromatic rings. The van der Waals surface area contributed by atoms with Crippen LogP contribution in [0.3, 0.4) is 0 Å². The first-order valence-corrected chi connectivity index (χ1v) is 4.50. The number of hydrogen-bond donors (Lipinski definition) is 1. The Kier molecular flexibility index (Phi) is 1.59. The first kappa shape index (κ1) is 8.48. The molecule has 0 aromatic heterocycles. The van der Waals surface area contributed by atoms with Crippen molar-refractivity contribution in [3.05, 3.63) is 11.6 Å². The Balaban J connectivity index is 2.36. The van der Waals surface area contributed by atoms with Crippen LogP contribution in [-0.2, 0) is 4.79 Å². The van der Waals surface area contributed by atoms with Crippen LogP contribution >= 0.6 is 0 Å². The van der Waals surface area contributed by atoms with E-state index in [9.17, 15) is 4.79 Å². The molecule has 13 heavy (non-hydrogen) atoms. The highest BCUT2D eigenvalue weighted by molar-refractivity contribution is 6.01. The Morgan fingerprint density at radius 1 is 1.62 bits per heavy atom. The first-order valence-electron chi connectivity index (χ1n) is 4.50. The summed E-state index contributed by atoms with van der Waals surface area (Å²) in [6.07, 6.45) is 3.92. The summed E-state index contributed by atoms with van der Waals surface area (Å²) in [5.74, 6) is 0.766. The number of fused-ring (bicyclic) bond motifs is 1. The molecule has 1 N–H and O–H groups in total. The molecule has 0 heterocycles. The van der Waals surface area contributed by atoms with Crippen molar-refractivity contribution in [3.63, 3.8) is 0 Å². The lowest BCUT2D eigenvalue weighted by Gasteiger charge is -2.54. The lowest BCUT2D eigenvalue weighted by atomic mass is 9.48. The molecule has 0 aromatic carbocycles. The van der Waals surface area contributed by atoms with Gasteiger partial charge in [-0.1, -0.05) is 19.0 Å². The molecule has 0 radical (unpaired) electrons. The molecule has 3 aliphatic rings. The summed E-state index contributed by atoms with van der Waals surface area (Å²) in [4.78, 5) is 11.5. The smallest absolute Gasteiger partial charge is 0.159 e. The van der Waals surface area contributed by atoms with Gasteiger partial charge >= 0.3 is 0 Å². The maximum Gasteiger partial charge on any atom is 0.159 e. The standard InChI is InChI=1S/C10H13NO2/c1-10(2)7-4-8(10)9(12)3-6(7)5-11-13/h3,5,7-8,13H,4H2,1-2H3/b11-5-/t7-,8-/m1/s1. The summed E-state index contributed by atoms with van der Waals surface area (Å²) >= 11 is 0. The summed E-state index contributed by atoms with van der Waals surface area (Å²) in [6.45, 7) is 4.20. The molecule has 1 fully saturated rings. The van der Waals surface area contributed by atoms with Crippen molar-refractivity contribution in [1.29, 1.82) is 0 Å². The van der Waals surface area contributed by atoms with Gasteiger partial charge in [0.15, 0.2) is 5.78 Å². The molecule has 3 aliphatic carbocycles. The van der Waals surface area contributed by atoms with Crippen molar-refractivity contribution in [2.45, 2.75) is 20.3 Å². The Morgan fingerprint density at radius 2 is 2.31 bits per heavy atom. The number of carbonyl (C=O) groups is 1. The van der Waals surface area contributed by atoms with Gasteiger partial charge in [0.25, 0.3) is 0 Å². The van der Waals surface area contributed by atoms with Gasteiger partial charge in [-0.25, -0.2) is 0 Å². The zero-order valence-corrected chi connectivity index (χ0v) is 7.82. The summed E-state index contributed by atoms with van der Waals surface area (Å²) in [7, 11) is 0. The van der Waals surface area contributed by atoms with Crippen LogP contribution in [0.25, 0.3) is 0 Å². The van der Waals surface area contributed by atoms with Crippen LogP contribution in [0.5, 0.6) is 0 Å². The highest BCUT2D eigenvalue weighted by atomic mass is 16.4. The van der Waals surface area contributed by atoms with Crippen LogP contribution in [0.4, 0.5) is 0 Å². The summed E-state index contributed by atoms with van der Waals surface area (Å²) in [5, 5.41) is 11.4. The van der Waals surface area contributed by atoms with Gasteiger partial charge in [0.2, 0.25) is 0 Å². The van der Waals surface area contributed by atoms with Crippen LogP contribution in [0.15, 0.2) is 16.8 Å². The van der Waals surface area contributed by atoms with E-state index in [1.165, 1.54) is 6.21 Å². The fourth-order valence-corrected chi connectivity index (χ4v) is 2.53. The molecule has 2 bridgehead atoms. The number of allylic oxidation sites excluding steroid dienone is 2. The second-order valence-corrected chi connectivity index (χ2v) is 4.45. The Hall–Kier alpha value is -1.12. The lowest BCUT2D eigenvalue weighted by molar-refractivity contribution is -0.133. The topological polar surface area (TPSA) is 49.7 Å². The molecule has 0 unspecified atom stereocenters. The molecule has 0 spiro atoms. The largest absolute Gasteiger partial charge is 0.411 e. The fraction of sp³-hybridized carbons (Fsp3) is 0.600. The third-order valence-electron chi connectivity index (χ3n) is 3.53. The Bertz CT molecular complexity index is 315. The SMILES string of the molecule is CC1(C)[C@@H]2C[C@@H]1C(/C=N\O)=CC2=O. The van der Waals surface area contributed by atoms with E-state index in [-0.39, 0.29) is 17.1 Å². The van der Waals surface area contributed by atoms with E-state index in [2.05, 4.69) is 19.0 Å². The maximum atomic E-state index is 11.5. The molecule has 0 saturated heterocycles. The zero-order valence-electron chi connectivity index (χ0n) is 7.82. The quantitative estimate of drug-likeness (QED) is 0.378. The average Bonchev–Trinajstić information content (AvgIpc) is 2.03. The predicted octanol–water partition coefficient (Wildman–Crippen LogP) is 1.62. The van der Waals surface area contributed by atoms with Crippen molar-refractivity contribution < 1.29 is 10.0 Å². The second-order valence-electron chi connectivity index (χ2n) is 4.45. The van der Waals surface area contributed by atoms with Crippen LogP contribution in [-0.4, -0.2) is 17.2 Å². The second kappa shape index (κ2) is 2.44. The molecule has 3 rings (SSSR count).